The van der Waals surface area contributed by atoms with Gasteiger partial charge in [-0.15, -0.1) is 0 Å². The molecule has 144 valence electrons. The van der Waals surface area contributed by atoms with Crippen molar-refractivity contribution in [3.8, 4) is 11.5 Å². The molecule has 2 aromatic rings. The lowest BCUT2D eigenvalue weighted by Crippen LogP contribution is -2.38. The zero-order chi connectivity index (χ0) is 19.4. The first-order chi connectivity index (χ1) is 13.1. The van der Waals surface area contributed by atoms with E-state index in [2.05, 4.69) is 26.0 Å². The summed E-state index contributed by atoms with van der Waals surface area (Å²) in [6.45, 7) is 4.98. The third kappa shape index (κ3) is 3.95. The first-order valence-corrected chi connectivity index (χ1v) is 9.73. The van der Waals surface area contributed by atoms with Crippen LogP contribution in [-0.2, 0) is 12.8 Å². The number of carbonyl (C=O) groups excluding carboxylic acids is 1. The molecule has 3 rings (SSSR count). The van der Waals surface area contributed by atoms with E-state index in [9.17, 15) is 4.79 Å². The number of nitrogens with zero attached hydrogens (tertiary/aromatic N) is 1. The number of benzene rings is 2. The normalized spacial score (nSPS) is 16.0. The first-order valence-electron chi connectivity index (χ1n) is 9.73. The minimum absolute atomic E-state index is 0.000763. The van der Waals surface area contributed by atoms with E-state index >= 15 is 0 Å². The zero-order valence-corrected chi connectivity index (χ0v) is 16.7. The summed E-state index contributed by atoms with van der Waals surface area (Å²) in [6.07, 6.45) is 4.25. The predicted octanol–water partition coefficient (Wildman–Crippen LogP) is 4.81. The van der Waals surface area contributed by atoms with Gasteiger partial charge in [0.1, 0.15) is 0 Å². The Balaban J connectivity index is 1.81. The summed E-state index contributed by atoms with van der Waals surface area (Å²) in [5, 5.41) is 0. The number of fused-ring (bicyclic) bond motifs is 1. The number of hydrogen-bond donors (Lipinski definition) is 0. The zero-order valence-electron chi connectivity index (χ0n) is 16.7. The van der Waals surface area contributed by atoms with E-state index in [0.29, 0.717) is 12.3 Å². The van der Waals surface area contributed by atoms with Gasteiger partial charge in [-0.2, -0.15) is 0 Å². The monoisotopic (exact) mass is 367 g/mol. The Morgan fingerprint density at radius 1 is 1.11 bits per heavy atom. The maximum Gasteiger partial charge on any atom is 0.254 e. The van der Waals surface area contributed by atoms with Crippen LogP contribution in [0.5, 0.6) is 11.5 Å². The number of methoxy groups -OCH3 is 2. The molecule has 0 saturated carbocycles. The number of carbonyl (C=O) groups is 1. The highest BCUT2D eigenvalue weighted by molar-refractivity contribution is 5.94. The smallest absolute Gasteiger partial charge is 0.254 e. The van der Waals surface area contributed by atoms with Crippen LogP contribution in [0.1, 0.15) is 59.8 Å². The molecule has 1 amide bonds. The summed E-state index contributed by atoms with van der Waals surface area (Å²) in [6, 6.07) is 12.1. The van der Waals surface area contributed by atoms with E-state index in [4.69, 9.17) is 9.47 Å². The summed E-state index contributed by atoms with van der Waals surface area (Å²) in [4.78, 5) is 15.0. The Morgan fingerprint density at radius 3 is 2.41 bits per heavy atom. The molecule has 1 heterocycles. The third-order valence-electron chi connectivity index (χ3n) is 5.47. The average molecular weight is 367 g/mol. The molecule has 2 aromatic carbocycles. The van der Waals surface area contributed by atoms with E-state index in [-0.39, 0.29) is 11.9 Å². The van der Waals surface area contributed by atoms with E-state index in [1.807, 2.05) is 29.2 Å². The Hall–Kier alpha value is -2.49. The number of amides is 1. The maximum atomic E-state index is 13.1. The van der Waals surface area contributed by atoms with Gasteiger partial charge in [0.2, 0.25) is 0 Å². The standard InChI is InChI=1S/C23H29NO3/c1-5-6-7-17-8-10-18(11-9-17)23(25)24-13-12-19-14-21(26-3)22(27-4)15-20(19)16(24)2/h8-11,14-16H,5-7,12-13H2,1-4H3. The second kappa shape index (κ2) is 8.47. The molecule has 0 spiro atoms. The van der Waals surface area contributed by atoms with Crippen molar-refractivity contribution in [1.82, 2.24) is 4.90 Å². The first kappa shape index (κ1) is 19.3. The molecule has 0 saturated heterocycles. The van der Waals surface area contributed by atoms with Gasteiger partial charge in [-0.3, -0.25) is 4.79 Å². The molecule has 4 heteroatoms. The lowest BCUT2D eigenvalue weighted by molar-refractivity contribution is 0.0677. The Labute approximate surface area is 162 Å². The topological polar surface area (TPSA) is 38.8 Å². The molecule has 0 fully saturated rings. The van der Waals surface area contributed by atoms with Crippen LogP contribution < -0.4 is 9.47 Å². The van der Waals surface area contributed by atoms with Crippen molar-refractivity contribution < 1.29 is 14.3 Å². The van der Waals surface area contributed by atoms with Crippen molar-refractivity contribution in [1.29, 1.82) is 0 Å². The molecule has 27 heavy (non-hydrogen) atoms. The second-order valence-corrected chi connectivity index (χ2v) is 7.13. The van der Waals surface area contributed by atoms with Crippen LogP contribution in [-0.4, -0.2) is 31.6 Å². The molecule has 0 bridgehead atoms. The van der Waals surface area contributed by atoms with Gasteiger partial charge in [-0.05, 0) is 67.1 Å². The highest BCUT2D eigenvalue weighted by Gasteiger charge is 2.29. The molecule has 0 radical (unpaired) electrons. The van der Waals surface area contributed by atoms with Gasteiger partial charge in [0.05, 0.1) is 20.3 Å². The lowest BCUT2D eigenvalue weighted by atomic mass is 9.92. The fourth-order valence-corrected chi connectivity index (χ4v) is 3.78. The number of hydrogen-bond acceptors (Lipinski definition) is 3. The molecule has 1 unspecified atom stereocenters. The van der Waals surface area contributed by atoms with E-state index < -0.39 is 0 Å². The van der Waals surface area contributed by atoms with Crippen molar-refractivity contribution in [2.45, 2.75) is 45.6 Å². The average Bonchev–Trinajstić information content (AvgIpc) is 2.71. The highest BCUT2D eigenvalue weighted by Crippen LogP contribution is 2.38. The maximum absolute atomic E-state index is 13.1. The van der Waals surface area contributed by atoms with Crippen molar-refractivity contribution in [3.63, 3.8) is 0 Å². The van der Waals surface area contributed by atoms with E-state index in [1.165, 1.54) is 24.0 Å². The summed E-state index contributed by atoms with van der Waals surface area (Å²) in [7, 11) is 3.29. The molecular weight excluding hydrogens is 338 g/mol. The van der Waals surface area contributed by atoms with Gasteiger partial charge >= 0.3 is 0 Å². The summed E-state index contributed by atoms with van der Waals surface area (Å²) in [5.74, 6) is 1.54. The van der Waals surface area contributed by atoms with Gasteiger partial charge in [0, 0.05) is 12.1 Å². The fraction of sp³-hybridized carbons (Fsp3) is 0.435. The third-order valence-corrected chi connectivity index (χ3v) is 5.47. The van der Waals surface area contributed by atoms with Crippen LogP contribution in [0.3, 0.4) is 0 Å². The molecule has 1 aliphatic rings. The van der Waals surface area contributed by atoms with Crippen LogP contribution in [0, 0.1) is 0 Å². The SMILES string of the molecule is CCCCc1ccc(C(=O)N2CCc3cc(OC)c(OC)cc3C2C)cc1. The van der Waals surface area contributed by atoms with E-state index in [1.54, 1.807) is 14.2 Å². The largest absolute Gasteiger partial charge is 0.493 e. The van der Waals surface area contributed by atoms with Crippen molar-refractivity contribution in [2.75, 3.05) is 20.8 Å². The molecule has 4 nitrogen and oxygen atoms in total. The number of rotatable bonds is 6. The fourth-order valence-electron chi connectivity index (χ4n) is 3.78. The minimum Gasteiger partial charge on any atom is -0.493 e. The van der Waals surface area contributed by atoms with Gasteiger partial charge in [0.15, 0.2) is 11.5 Å². The number of unbranched alkanes of at least 4 members (excludes halogenated alkanes) is 1. The van der Waals surface area contributed by atoms with Crippen LogP contribution in [0.15, 0.2) is 36.4 Å². The second-order valence-electron chi connectivity index (χ2n) is 7.13. The summed E-state index contributed by atoms with van der Waals surface area (Å²) >= 11 is 0. The molecule has 0 aromatic heterocycles. The van der Waals surface area contributed by atoms with Gasteiger partial charge in [-0.25, -0.2) is 0 Å². The quantitative estimate of drug-likeness (QED) is 0.736. The lowest BCUT2D eigenvalue weighted by Gasteiger charge is -2.36. The van der Waals surface area contributed by atoms with Crippen LogP contribution in [0.4, 0.5) is 0 Å². The summed E-state index contributed by atoms with van der Waals surface area (Å²) in [5.41, 5.74) is 4.40. The highest BCUT2D eigenvalue weighted by atomic mass is 16.5. The van der Waals surface area contributed by atoms with Gasteiger partial charge in [-0.1, -0.05) is 25.5 Å². The molecule has 0 N–H and O–H groups in total. The van der Waals surface area contributed by atoms with Crippen LogP contribution in [0.2, 0.25) is 0 Å². The van der Waals surface area contributed by atoms with Gasteiger partial charge in [0.25, 0.3) is 5.91 Å². The molecular formula is C23H29NO3. The molecule has 1 atom stereocenters. The van der Waals surface area contributed by atoms with Crippen LogP contribution >= 0.6 is 0 Å². The van der Waals surface area contributed by atoms with Gasteiger partial charge < -0.3 is 14.4 Å². The molecule has 1 aliphatic heterocycles. The number of ether oxygens (including phenoxy) is 2. The Bertz CT molecular complexity index is 798. The van der Waals surface area contributed by atoms with Crippen molar-refractivity contribution >= 4 is 5.91 Å². The minimum atomic E-state index is 0.000763. The van der Waals surface area contributed by atoms with Crippen molar-refractivity contribution in [3.05, 3.63) is 58.7 Å². The number of aryl methyl sites for hydroxylation is 1. The predicted molar refractivity (Wildman–Crippen MR) is 108 cm³/mol. The van der Waals surface area contributed by atoms with E-state index in [0.717, 1.165) is 29.7 Å². The van der Waals surface area contributed by atoms with Crippen LogP contribution in [0.25, 0.3) is 0 Å². The summed E-state index contributed by atoms with van der Waals surface area (Å²) < 4.78 is 10.9. The molecule has 0 aliphatic carbocycles. The Kier molecular flexibility index (Phi) is 6.04. The Morgan fingerprint density at radius 2 is 1.78 bits per heavy atom. The van der Waals surface area contributed by atoms with Crippen molar-refractivity contribution in [2.24, 2.45) is 0 Å².